The molecule has 0 aliphatic rings. The van der Waals surface area contributed by atoms with Crippen molar-refractivity contribution in [2.75, 3.05) is 0 Å². The normalized spacial score (nSPS) is 11.0. The molecule has 0 radical (unpaired) electrons. The van der Waals surface area contributed by atoms with Crippen LogP contribution in [0.3, 0.4) is 0 Å². The highest BCUT2D eigenvalue weighted by atomic mass is 15.0. The Morgan fingerprint density at radius 3 is 0.852 bits per heavy atom. The molecule has 0 spiro atoms. The van der Waals surface area contributed by atoms with Crippen molar-refractivity contribution in [2.24, 2.45) is 0 Å². The molecule has 0 amide bonds. The van der Waals surface area contributed by atoms with Gasteiger partial charge in [-0.1, -0.05) is 206 Å². The lowest BCUT2D eigenvalue weighted by atomic mass is 9.93. The van der Waals surface area contributed by atoms with Crippen molar-refractivity contribution in [1.82, 2.24) is 15.0 Å². The highest BCUT2D eigenvalue weighted by Crippen LogP contribution is 2.37. The minimum Gasteiger partial charge on any atom is -0.208 e. The summed E-state index contributed by atoms with van der Waals surface area (Å²) in [7, 11) is 0. The second-order valence-electron chi connectivity index (χ2n) is 13.3. The first-order valence-electron chi connectivity index (χ1n) is 18.2. The minimum atomic E-state index is 0.620. The molecule has 0 saturated heterocycles. The van der Waals surface area contributed by atoms with Crippen molar-refractivity contribution in [3.8, 4) is 89.8 Å². The van der Waals surface area contributed by atoms with Crippen molar-refractivity contribution in [2.45, 2.75) is 0 Å². The summed E-state index contributed by atoms with van der Waals surface area (Å²) in [5, 5.41) is 0. The maximum atomic E-state index is 5.23. The van der Waals surface area contributed by atoms with Crippen LogP contribution in [-0.4, -0.2) is 15.0 Å². The maximum Gasteiger partial charge on any atom is 0.164 e. The number of rotatable bonds is 8. The molecule has 0 saturated carbocycles. The first kappa shape index (κ1) is 32.7. The Labute approximate surface area is 316 Å². The molecule has 9 rings (SSSR count). The van der Waals surface area contributed by atoms with E-state index in [0.29, 0.717) is 17.5 Å². The SMILES string of the molecule is c1ccc(-c2ccc(-c3nc(-c4ccc(-c5ccccc5)cc4)nc(-c4cc(-c5ccccc5)ccc4-c4ccc(-c5ccccc5)cc4)n3)cc2)cc1. The van der Waals surface area contributed by atoms with E-state index in [-0.39, 0.29) is 0 Å². The van der Waals surface area contributed by atoms with E-state index in [1.54, 1.807) is 0 Å². The molecule has 0 unspecified atom stereocenters. The Morgan fingerprint density at radius 1 is 0.185 bits per heavy atom. The zero-order valence-corrected chi connectivity index (χ0v) is 29.5. The van der Waals surface area contributed by atoms with Crippen LogP contribution in [0.2, 0.25) is 0 Å². The van der Waals surface area contributed by atoms with Gasteiger partial charge in [-0.25, -0.2) is 15.0 Å². The smallest absolute Gasteiger partial charge is 0.164 e. The average Bonchev–Trinajstić information content (AvgIpc) is 3.27. The van der Waals surface area contributed by atoms with Crippen LogP contribution in [0, 0.1) is 0 Å². The molecule has 0 N–H and O–H groups in total. The van der Waals surface area contributed by atoms with Gasteiger partial charge >= 0.3 is 0 Å². The van der Waals surface area contributed by atoms with Gasteiger partial charge in [0.15, 0.2) is 17.5 Å². The predicted octanol–water partition coefficient (Wildman–Crippen LogP) is 13.2. The molecular weight excluding hydrogens is 655 g/mol. The first-order valence-corrected chi connectivity index (χ1v) is 18.2. The van der Waals surface area contributed by atoms with Gasteiger partial charge in [0.25, 0.3) is 0 Å². The molecule has 3 nitrogen and oxygen atoms in total. The van der Waals surface area contributed by atoms with E-state index in [2.05, 4.69) is 188 Å². The minimum absolute atomic E-state index is 0.620. The Balaban J connectivity index is 1.20. The molecule has 254 valence electrons. The van der Waals surface area contributed by atoms with E-state index in [1.807, 2.05) is 24.3 Å². The molecule has 1 aromatic heterocycles. The molecule has 1 heterocycles. The largest absolute Gasteiger partial charge is 0.208 e. The van der Waals surface area contributed by atoms with Crippen LogP contribution in [-0.2, 0) is 0 Å². The summed E-state index contributed by atoms with van der Waals surface area (Å²) >= 11 is 0. The lowest BCUT2D eigenvalue weighted by molar-refractivity contribution is 1.07. The molecule has 8 aromatic carbocycles. The molecule has 0 aliphatic carbocycles. The standard InChI is InChI=1S/C51H35N3/c1-5-13-36(14-6-1)40-21-27-43(28-22-40)47-34-33-46(39-19-11-4-12-20-39)35-48(47)51-53-49(44-29-23-41(24-30-44)37-15-7-2-8-16-37)52-50(54-51)45-31-25-42(26-32-45)38-17-9-3-10-18-38/h1-35H. The molecule has 0 bridgehead atoms. The Hall–Kier alpha value is -7.23. The molecule has 0 aliphatic heterocycles. The number of aromatic nitrogens is 3. The monoisotopic (exact) mass is 689 g/mol. The van der Waals surface area contributed by atoms with Crippen LogP contribution < -0.4 is 0 Å². The average molecular weight is 690 g/mol. The van der Waals surface area contributed by atoms with Gasteiger partial charge in [0.1, 0.15) is 0 Å². The van der Waals surface area contributed by atoms with Gasteiger partial charge in [-0.05, 0) is 61.7 Å². The number of nitrogens with zero attached hydrogens (tertiary/aromatic N) is 3. The van der Waals surface area contributed by atoms with Crippen molar-refractivity contribution < 1.29 is 0 Å². The van der Waals surface area contributed by atoms with Crippen molar-refractivity contribution in [3.05, 3.63) is 212 Å². The highest BCUT2D eigenvalue weighted by molar-refractivity contribution is 5.86. The molecule has 0 atom stereocenters. The third-order valence-corrected chi connectivity index (χ3v) is 9.81. The number of hydrogen-bond donors (Lipinski definition) is 0. The van der Waals surface area contributed by atoms with Crippen LogP contribution in [0.15, 0.2) is 212 Å². The Kier molecular flexibility index (Phi) is 8.94. The summed E-state index contributed by atoms with van der Waals surface area (Å²) in [6, 6.07) is 74.1. The lowest BCUT2D eigenvalue weighted by Gasteiger charge is -2.15. The predicted molar refractivity (Wildman–Crippen MR) is 223 cm³/mol. The molecule has 9 aromatic rings. The summed E-state index contributed by atoms with van der Waals surface area (Å²) in [6.45, 7) is 0. The van der Waals surface area contributed by atoms with Gasteiger partial charge in [0, 0.05) is 16.7 Å². The molecule has 0 fully saturated rings. The van der Waals surface area contributed by atoms with Gasteiger partial charge in [0.2, 0.25) is 0 Å². The van der Waals surface area contributed by atoms with Crippen LogP contribution in [0.1, 0.15) is 0 Å². The Morgan fingerprint density at radius 2 is 0.463 bits per heavy atom. The summed E-state index contributed by atoms with van der Waals surface area (Å²) in [5.74, 6) is 1.86. The zero-order valence-electron chi connectivity index (χ0n) is 29.5. The fourth-order valence-electron chi connectivity index (χ4n) is 6.90. The topological polar surface area (TPSA) is 38.7 Å². The van der Waals surface area contributed by atoms with Gasteiger partial charge in [-0.15, -0.1) is 0 Å². The highest BCUT2D eigenvalue weighted by Gasteiger charge is 2.18. The van der Waals surface area contributed by atoms with Crippen LogP contribution >= 0.6 is 0 Å². The number of benzene rings is 8. The van der Waals surface area contributed by atoms with Crippen LogP contribution in [0.5, 0.6) is 0 Å². The fraction of sp³-hybridized carbons (Fsp3) is 0. The molecule has 3 heteroatoms. The van der Waals surface area contributed by atoms with Gasteiger partial charge in [0.05, 0.1) is 0 Å². The second-order valence-corrected chi connectivity index (χ2v) is 13.3. The van der Waals surface area contributed by atoms with Crippen LogP contribution in [0.4, 0.5) is 0 Å². The fourth-order valence-corrected chi connectivity index (χ4v) is 6.90. The summed E-state index contributed by atoms with van der Waals surface area (Å²) in [6.07, 6.45) is 0. The summed E-state index contributed by atoms with van der Waals surface area (Å²) in [4.78, 5) is 15.6. The van der Waals surface area contributed by atoms with Crippen LogP contribution in [0.25, 0.3) is 89.8 Å². The van der Waals surface area contributed by atoms with Gasteiger partial charge in [-0.3, -0.25) is 0 Å². The third-order valence-electron chi connectivity index (χ3n) is 9.81. The quantitative estimate of drug-likeness (QED) is 0.159. The Bertz CT molecular complexity index is 2540. The summed E-state index contributed by atoms with van der Waals surface area (Å²) in [5.41, 5.74) is 14.1. The van der Waals surface area contributed by atoms with E-state index < -0.39 is 0 Å². The first-order chi connectivity index (χ1) is 26.7. The zero-order chi connectivity index (χ0) is 36.1. The number of hydrogen-bond acceptors (Lipinski definition) is 3. The second kappa shape index (κ2) is 14.8. The van der Waals surface area contributed by atoms with E-state index in [0.717, 1.165) is 50.1 Å². The van der Waals surface area contributed by atoms with Crippen molar-refractivity contribution >= 4 is 0 Å². The van der Waals surface area contributed by atoms with Crippen molar-refractivity contribution in [1.29, 1.82) is 0 Å². The van der Waals surface area contributed by atoms with Gasteiger partial charge < -0.3 is 0 Å². The maximum absolute atomic E-state index is 5.23. The van der Waals surface area contributed by atoms with E-state index in [1.165, 1.54) is 22.3 Å². The van der Waals surface area contributed by atoms with E-state index >= 15 is 0 Å². The van der Waals surface area contributed by atoms with Gasteiger partial charge in [-0.2, -0.15) is 0 Å². The molecular formula is C51H35N3. The molecule has 54 heavy (non-hydrogen) atoms. The third kappa shape index (κ3) is 6.87. The van der Waals surface area contributed by atoms with E-state index in [4.69, 9.17) is 15.0 Å². The lowest BCUT2D eigenvalue weighted by Crippen LogP contribution is -2.01. The van der Waals surface area contributed by atoms with E-state index in [9.17, 15) is 0 Å². The summed E-state index contributed by atoms with van der Waals surface area (Å²) < 4.78 is 0. The van der Waals surface area contributed by atoms with Crippen molar-refractivity contribution in [3.63, 3.8) is 0 Å².